The van der Waals surface area contributed by atoms with Gasteiger partial charge in [0.25, 0.3) is 5.91 Å². The molecule has 136 valence electrons. The first-order chi connectivity index (χ1) is 12.1. The fraction of sp³-hybridized carbons (Fsp3) is 0.800. The molecule has 6 unspecified atom stereocenters. The van der Waals surface area contributed by atoms with Crippen LogP contribution in [-0.4, -0.2) is 23.5 Å². The lowest BCUT2D eigenvalue weighted by atomic mass is 9.61. The van der Waals surface area contributed by atoms with Crippen LogP contribution in [0.1, 0.15) is 80.7 Å². The Morgan fingerprint density at radius 3 is 3.08 bits per heavy atom. The van der Waals surface area contributed by atoms with Crippen LogP contribution in [-0.2, 0) is 0 Å². The van der Waals surface area contributed by atoms with Gasteiger partial charge in [0.15, 0.2) is 5.69 Å². The van der Waals surface area contributed by atoms with E-state index in [4.69, 9.17) is 4.42 Å². The van der Waals surface area contributed by atoms with Crippen LogP contribution in [0.25, 0.3) is 0 Å². The molecular weight excluding hydrogens is 314 g/mol. The molecule has 4 aliphatic rings. The minimum Gasteiger partial charge on any atom is -0.446 e. The minimum absolute atomic E-state index is 0.0709. The summed E-state index contributed by atoms with van der Waals surface area (Å²) in [6, 6.07) is 0.390. The average molecular weight is 343 g/mol. The van der Waals surface area contributed by atoms with Crippen LogP contribution in [0.15, 0.2) is 10.7 Å². The lowest BCUT2D eigenvalue weighted by Crippen LogP contribution is -2.49. The van der Waals surface area contributed by atoms with Gasteiger partial charge in [-0.2, -0.15) is 0 Å². The predicted molar refractivity (Wildman–Crippen MR) is 94.0 cm³/mol. The lowest BCUT2D eigenvalue weighted by Gasteiger charge is -2.46. The second-order valence-electron chi connectivity index (χ2n) is 9.03. The molecule has 1 aromatic rings. The molecule has 1 saturated heterocycles. The van der Waals surface area contributed by atoms with Crippen molar-refractivity contribution in [1.29, 1.82) is 0 Å². The molecule has 4 fully saturated rings. The Hall–Kier alpha value is -1.36. The fourth-order valence-corrected chi connectivity index (χ4v) is 6.53. The number of nitrogens with one attached hydrogen (secondary N) is 2. The third-order valence-electron chi connectivity index (χ3n) is 7.73. The van der Waals surface area contributed by atoms with Crippen LogP contribution >= 0.6 is 0 Å². The van der Waals surface area contributed by atoms with E-state index in [0.717, 1.165) is 37.1 Å². The van der Waals surface area contributed by atoms with Gasteiger partial charge in [0.05, 0.1) is 6.04 Å². The zero-order valence-corrected chi connectivity index (χ0v) is 15.1. The summed E-state index contributed by atoms with van der Waals surface area (Å²) in [6.07, 6.45) is 11.9. The maximum atomic E-state index is 12.7. The molecule has 1 aliphatic heterocycles. The summed E-state index contributed by atoms with van der Waals surface area (Å²) in [5.74, 6) is 3.26. The Bertz CT molecular complexity index is 666. The summed E-state index contributed by atoms with van der Waals surface area (Å²) in [4.78, 5) is 17.2. The fourth-order valence-electron chi connectivity index (χ4n) is 6.53. The van der Waals surface area contributed by atoms with E-state index < -0.39 is 0 Å². The third-order valence-corrected chi connectivity index (χ3v) is 7.73. The molecule has 6 atom stereocenters. The highest BCUT2D eigenvalue weighted by Crippen LogP contribution is 2.63. The van der Waals surface area contributed by atoms with E-state index in [9.17, 15) is 4.79 Å². The van der Waals surface area contributed by atoms with Gasteiger partial charge in [-0.25, -0.2) is 4.98 Å². The summed E-state index contributed by atoms with van der Waals surface area (Å²) >= 11 is 0. The van der Waals surface area contributed by atoms with Gasteiger partial charge in [-0.05, 0) is 88.0 Å². The number of hydrogen-bond donors (Lipinski definition) is 2. The molecule has 3 aliphatic carbocycles. The number of fused-ring (bicyclic) bond motifs is 2. The van der Waals surface area contributed by atoms with Crippen LogP contribution in [0.3, 0.4) is 0 Å². The molecule has 5 rings (SSSR count). The Morgan fingerprint density at radius 1 is 1.36 bits per heavy atom. The van der Waals surface area contributed by atoms with Crippen LogP contribution in [0.5, 0.6) is 0 Å². The summed E-state index contributed by atoms with van der Waals surface area (Å²) < 4.78 is 5.57. The topological polar surface area (TPSA) is 67.2 Å². The number of aromatic nitrogens is 1. The van der Waals surface area contributed by atoms with Crippen molar-refractivity contribution in [2.75, 3.05) is 6.54 Å². The summed E-state index contributed by atoms with van der Waals surface area (Å²) in [5, 5.41) is 6.66. The molecule has 3 saturated carbocycles. The summed E-state index contributed by atoms with van der Waals surface area (Å²) in [6.45, 7) is 3.22. The van der Waals surface area contributed by atoms with Crippen molar-refractivity contribution in [2.45, 2.75) is 70.4 Å². The largest absolute Gasteiger partial charge is 0.446 e. The zero-order valence-electron chi connectivity index (χ0n) is 15.1. The van der Waals surface area contributed by atoms with Gasteiger partial charge >= 0.3 is 0 Å². The van der Waals surface area contributed by atoms with E-state index in [1.54, 1.807) is 0 Å². The van der Waals surface area contributed by atoms with Crippen molar-refractivity contribution in [3.8, 4) is 0 Å². The molecule has 0 aromatic carbocycles. The molecule has 0 radical (unpaired) electrons. The second-order valence-corrected chi connectivity index (χ2v) is 9.03. The number of hydrogen-bond acceptors (Lipinski definition) is 4. The molecule has 0 spiro atoms. The number of carbonyl (C=O) groups excluding carboxylic acids is 1. The predicted octanol–water partition coefficient (Wildman–Crippen LogP) is 3.43. The second kappa shape index (κ2) is 5.83. The minimum atomic E-state index is -0.0709. The maximum Gasteiger partial charge on any atom is 0.273 e. The molecule has 1 amide bonds. The van der Waals surface area contributed by atoms with Gasteiger partial charge < -0.3 is 15.1 Å². The quantitative estimate of drug-likeness (QED) is 0.879. The number of carbonyl (C=O) groups is 1. The van der Waals surface area contributed by atoms with Gasteiger partial charge in [0.1, 0.15) is 6.26 Å². The third kappa shape index (κ3) is 2.54. The molecule has 3 bridgehead atoms. The Balaban J connectivity index is 1.29. The van der Waals surface area contributed by atoms with Crippen molar-refractivity contribution in [2.24, 2.45) is 23.2 Å². The van der Waals surface area contributed by atoms with Gasteiger partial charge in [0, 0.05) is 6.04 Å². The van der Waals surface area contributed by atoms with Crippen molar-refractivity contribution in [3.05, 3.63) is 17.8 Å². The molecule has 5 heteroatoms. The van der Waals surface area contributed by atoms with Gasteiger partial charge in [0.2, 0.25) is 5.89 Å². The molecule has 2 heterocycles. The number of oxazole rings is 1. The maximum absolute atomic E-state index is 12.7. The molecule has 5 nitrogen and oxygen atoms in total. The van der Waals surface area contributed by atoms with E-state index in [2.05, 4.69) is 22.5 Å². The van der Waals surface area contributed by atoms with Crippen LogP contribution in [0.4, 0.5) is 0 Å². The van der Waals surface area contributed by atoms with Crippen LogP contribution in [0.2, 0.25) is 0 Å². The Labute approximate surface area is 149 Å². The first-order valence-corrected chi connectivity index (χ1v) is 10.1. The van der Waals surface area contributed by atoms with Crippen molar-refractivity contribution in [3.63, 3.8) is 0 Å². The van der Waals surface area contributed by atoms with E-state index in [-0.39, 0.29) is 18.0 Å². The summed E-state index contributed by atoms with van der Waals surface area (Å²) in [5.41, 5.74) is 0.758. The van der Waals surface area contributed by atoms with Gasteiger partial charge in [-0.15, -0.1) is 0 Å². The number of nitrogens with zero attached hydrogens (tertiary/aromatic N) is 1. The molecule has 25 heavy (non-hydrogen) atoms. The van der Waals surface area contributed by atoms with Crippen molar-refractivity contribution in [1.82, 2.24) is 15.6 Å². The lowest BCUT2D eigenvalue weighted by molar-refractivity contribution is 0.0519. The van der Waals surface area contributed by atoms with E-state index in [1.165, 1.54) is 44.8 Å². The Kier molecular flexibility index (Phi) is 3.70. The highest BCUT2D eigenvalue weighted by molar-refractivity contribution is 5.92. The van der Waals surface area contributed by atoms with Gasteiger partial charge in [-0.1, -0.05) is 0 Å². The van der Waals surface area contributed by atoms with E-state index >= 15 is 0 Å². The average Bonchev–Trinajstić information content (AvgIpc) is 3.30. The highest BCUT2D eigenvalue weighted by atomic mass is 16.3. The first kappa shape index (κ1) is 15.9. The van der Waals surface area contributed by atoms with Crippen LogP contribution in [0, 0.1) is 23.2 Å². The first-order valence-electron chi connectivity index (χ1n) is 10.1. The number of amides is 1. The smallest absolute Gasteiger partial charge is 0.273 e. The van der Waals surface area contributed by atoms with Crippen molar-refractivity contribution >= 4 is 5.91 Å². The van der Waals surface area contributed by atoms with Crippen LogP contribution < -0.4 is 10.6 Å². The number of rotatable bonds is 4. The Morgan fingerprint density at radius 2 is 2.24 bits per heavy atom. The van der Waals surface area contributed by atoms with E-state index in [1.807, 2.05) is 0 Å². The monoisotopic (exact) mass is 343 g/mol. The molecular formula is C20H29N3O2. The van der Waals surface area contributed by atoms with E-state index in [0.29, 0.717) is 17.0 Å². The summed E-state index contributed by atoms with van der Waals surface area (Å²) in [7, 11) is 0. The standard InChI is InChI=1S/C20H29N3O2/c1-12(20-5-4-13-7-14(10-20)9-15(20)8-13)22-18(24)17-11-25-19(23-17)16-3-2-6-21-16/h11-16,21H,2-10H2,1H3,(H,22,24). The molecule has 1 aromatic heterocycles. The molecule has 2 N–H and O–H groups in total. The zero-order chi connectivity index (χ0) is 17.0. The normalized spacial score (nSPS) is 40.4. The van der Waals surface area contributed by atoms with Gasteiger partial charge in [-0.3, -0.25) is 4.79 Å². The van der Waals surface area contributed by atoms with Crippen molar-refractivity contribution < 1.29 is 9.21 Å². The SMILES string of the molecule is CC(NC(=O)c1coc(C2CCCN2)n1)C12CCC3CC(CC1C3)C2. The highest BCUT2D eigenvalue weighted by Gasteiger charge is 2.56.